The Bertz CT molecular complexity index is 1630. The molecule has 9 rings (SSSR count). The fourth-order valence-electron chi connectivity index (χ4n) is 9.84. The maximum absolute atomic E-state index is 11.4. The summed E-state index contributed by atoms with van der Waals surface area (Å²) in [7, 11) is 0. The molecule has 6 atom stereocenters. The molecule has 6 unspecified atom stereocenters. The van der Waals surface area contributed by atoms with Crippen molar-refractivity contribution >= 4 is 23.2 Å². The van der Waals surface area contributed by atoms with E-state index < -0.39 is 5.60 Å². The molecule has 4 aromatic rings. The number of hydrogen-bond donors (Lipinski definition) is 1. The molecule has 1 nitrogen and oxygen atoms in total. The summed E-state index contributed by atoms with van der Waals surface area (Å²) < 4.78 is 0. The first-order chi connectivity index (χ1) is 20.0. The average Bonchev–Trinajstić information content (AvgIpc) is 3.82. The minimum Gasteiger partial charge on any atom is -0.385 e. The Morgan fingerprint density at radius 2 is 1.17 bits per heavy atom. The van der Waals surface area contributed by atoms with Crippen molar-refractivity contribution in [3.8, 4) is 22.3 Å². The zero-order valence-electron chi connectivity index (χ0n) is 23.3. The molecule has 4 saturated carbocycles. The van der Waals surface area contributed by atoms with Crippen molar-refractivity contribution in [3.63, 3.8) is 0 Å². The molecule has 0 aromatic heterocycles. The molecule has 208 valence electrons. The largest absolute Gasteiger partial charge is 0.385 e. The topological polar surface area (TPSA) is 20.2 Å². The minimum absolute atomic E-state index is 0.229. The minimum atomic E-state index is -0.744. The van der Waals surface area contributed by atoms with Crippen LogP contribution in [0.5, 0.6) is 0 Å². The van der Waals surface area contributed by atoms with Crippen LogP contribution in [0.2, 0.25) is 10.0 Å². The van der Waals surface area contributed by atoms with E-state index in [1.807, 2.05) is 30.3 Å². The van der Waals surface area contributed by atoms with Gasteiger partial charge in [0.25, 0.3) is 0 Å². The number of hydrogen-bond acceptors (Lipinski definition) is 1. The lowest BCUT2D eigenvalue weighted by Crippen LogP contribution is -2.33. The van der Waals surface area contributed by atoms with Crippen LogP contribution < -0.4 is 0 Å². The van der Waals surface area contributed by atoms with Gasteiger partial charge in [0.15, 0.2) is 0 Å². The second kappa shape index (κ2) is 9.73. The molecule has 5 aliphatic carbocycles. The first kappa shape index (κ1) is 26.1. The molecule has 3 heteroatoms. The van der Waals surface area contributed by atoms with Gasteiger partial charge in [-0.3, -0.25) is 0 Å². The van der Waals surface area contributed by atoms with E-state index in [4.69, 9.17) is 23.2 Å². The molecule has 0 saturated heterocycles. The zero-order valence-corrected chi connectivity index (χ0v) is 24.8. The van der Waals surface area contributed by atoms with Crippen LogP contribution in [0.25, 0.3) is 22.3 Å². The molecular formula is C38H36Cl2O. The summed E-state index contributed by atoms with van der Waals surface area (Å²) in [5.41, 5.74) is 8.46. The van der Waals surface area contributed by atoms with Crippen molar-refractivity contribution in [2.24, 2.45) is 23.7 Å². The highest BCUT2D eigenvalue weighted by Gasteiger charge is 2.57. The maximum atomic E-state index is 11.4. The summed E-state index contributed by atoms with van der Waals surface area (Å²) >= 11 is 13.2. The Hall–Kier alpha value is -2.58. The number of benzene rings is 4. The quantitative estimate of drug-likeness (QED) is 0.251. The number of halogens is 2. The van der Waals surface area contributed by atoms with Crippen molar-refractivity contribution in [3.05, 3.63) is 118 Å². The Morgan fingerprint density at radius 1 is 0.561 bits per heavy atom. The Kier molecular flexibility index (Phi) is 6.19. The molecule has 0 aliphatic heterocycles. The third-order valence-electron chi connectivity index (χ3n) is 11.4. The van der Waals surface area contributed by atoms with Gasteiger partial charge in [0.1, 0.15) is 0 Å². The molecular weight excluding hydrogens is 543 g/mol. The van der Waals surface area contributed by atoms with Crippen molar-refractivity contribution < 1.29 is 5.11 Å². The van der Waals surface area contributed by atoms with Crippen LogP contribution in [-0.2, 0) is 11.0 Å². The first-order valence-electron chi connectivity index (χ1n) is 15.4. The van der Waals surface area contributed by atoms with Crippen LogP contribution in [-0.4, -0.2) is 5.11 Å². The Balaban J connectivity index is 0.000000125. The molecule has 4 aromatic carbocycles. The van der Waals surface area contributed by atoms with Gasteiger partial charge in [-0.1, -0.05) is 108 Å². The van der Waals surface area contributed by atoms with Crippen LogP contribution in [0.1, 0.15) is 68.1 Å². The number of fused-ring (bicyclic) bond motifs is 10. The van der Waals surface area contributed by atoms with E-state index in [2.05, 4.69) is 60.7 Å². The highest BCUT2D eigenvalue weighted by molar-refractivity contribution is 6.32. The van der Waals surface area contributed by atoms with Crippen LogP contribution in [0.4, 0.5) is 0 Å². The monoisotopic (exact) mass is 578 g/mol. The van der Waals surface area contributed by atoms with Gasteiger partial charge >= 0.3 is 0 Å². The van der Waals surface area contributed by atoms with Gasteiger partial charge in [0.05, 0.1) is 5.60 Å². The van der Waals surface area contributed by atoms with Crippen LogP contribution in [0.15, 0.2) is 91.0 Å². The molecule has 5 aliphatic rings. The molecule has 0 amide bonds. The zero-order chi connectivity index (χ0) is 27.8. The molecule has 1 spiro atoms. The van der Waals surface area contributed by atoms with Gasteiger partial charge < -0.3 is 5.11 Å². The van der Waals surface area contributed by atoms with Crippen molar-refractivity contribution in [2.75, 3.05) is 0 Å². The fraction of sp³-hybridized carbons (Fsp3) is 0.368. The summed E-state index contributed by atoms with van der Waals surface area (Å²) in [5, 5.41) is 13.1. The Morgan fingerprint density at radius 3 is 1.83 bits per heavy atom. The maximum Gasteiger partial charge on any atom is 0.0947 e. The summed E-state index contributed by atoms with van der Waals surface area (Å²) in [4.78, 5) is 0. The lowest BCUT2D eigenvalue weighted by molar-refractivity contribution is -0.0176. The Labute approximate surface area is 253 Å². The van der Waals surface area contributed by atoms with Crippen LogP contribution >= 0.6 is 23.2 Å². The summed E-state index contributed by atoms with van der Waals surface area (Å²) in [6.45, 7) is 0. The van der Waals surface area contributed by atoms with E-state index >= 15 is 0 Å². The highest BCUT2D eigenvalue weighted by Crippen LogP contribution is 2.66. The first-order valence-corrected chi connectivity index (χ1v) is 16.2. The lowest BCUT2D eigenvalue weighted by atomic mass is 9.67. The molecule has 4 fully saturated rings. The average molecular weight is 580 g/mol. The SMILES string of the molecule is Clc1cccc2c1C1(CC3CCC1C3)c1ccccc1-2.OC1(c2c(Cl)cccc2-c2ccccc2)CC2CCC1C2. The van der Waals surface area contributed by atoms with Crippen LogP contribution in [0, 0.1) is 23.7 Å². The fourth-order valence-corrected chi connectivity index (χ4v) is 10.5. The van der Waals surface area contributed by atoms with Gasteiger partial charge in [0.2, 0.25) is 0 Å². The summed E-state index contributed by atoms with van der Waals surface area (Å²) in [6.07, 6.45) is 9.92. The molecule has 4 bridgehead atoms. The molecule has 0 heterocycles. The molecule has 41 heavy (non-hydrogen) atoms. The van der Waals surface area contributed by atoms with E-state index in [1.54, 1.807) is 5.56 Å². The standard InChI is InChI=1S/C19H19ClO.C19H17Cl/c20-17-8-4-7-16(14-5-2-1-3-6-14)18(17)19(21)12-13-9-10-15(19)11-13;20-17-7-3-5-15-14-4-1-2-6-16(14)19(18(15)17)11-12-8-9-13(19)10-12/h1-8,13,15,21H,9-12H2;1-7,12-13H,8-11H2. The number of rotatable bonds is 2. The van der Waals surface area contributed by atoms with Gasteiger partial charge in [-0.2, -0.15) is 0 Å². The van der Waals surface area contributed by atoms with Gasteiger partial charge in [-0.25, -0.2) is 0 Å². The lowest BCUT2D eigenvalue weighted by Gasteiger charge is -2.36. The van der Waals surface area contributed by atoms with E-state index in [1.165, 1.54) is 48.8 Å². The third-order valence-corrected chi connectivity index (χ3v) is 12.0. The number of aliphatic hydroxyl groups is 1. The van der Waals surface area contributed by atoms with Crippen molar-refractivity contribution in [1.29, 1.82) is 0 Å². The summed E-state index contributed by atoms with van der Waals surface area (Å²) in [5.74, 6) is 2.75. The van der Waals surface area contributed by atoms with Gasteiger partial charge in [-0.05, 0) is 114 Å². The highest BCUT2D eigenvalue weighted by atomic mass is 35.5. The van der Waals surface area contributed by atoms with E-state index in [9.17, 15) is 5.11 Å². The van der Waals surface area contributed by atoms with E-state index in [0.29, 0.717) is 16.9 Å². The van der Waals surface area contributed by atoms with Crippen molar-refractivity contribution in [1.82, 2.24) is 0 Å². The molecule has 0 radical (unpaired) electrons. The third kappa shape index (κ3) is 3.85. The summed E-state index contributed by atoms with van der Waals surface area (Å²) in [6, 6.07) is 31.7. The predicted octanol–water partition coefficient (Wildman–Crippen LogP) is 10.4. The second-order valence-corrected chi connectivity index (χ2v) is 14.1. The van der Waals surface area contributed by atoms with Crippen molar-refractivity contribution in [2.45, 2.75) is 62.4 Å². The molecule has 1 N–H and O–H groups in total. The second-order valence-electron chi connectivity index (χ2n) is 13.3. The van der Waals surface area contributed by atoms with Gasteiger partial charge in [-0.15, -0.1) is 0 Å². The van der Waals surface area contributed by atoms with Gasteiger partial charge in [0, 0.05) is 21.0 Å². The normalized spacial score (nSPS) is 31.7. The van der Waals surface area contributed by atoms with E-state index in [-0.39, 0.29) is 5.41 Å². The van der Waals surface area contributed by atoms with Crippen LogP contribution in [0.3, 0.4) is 0 Å². The van der Waals surface area contributed by atoms with E-state index in [0.717, 1.165) is 52.8 Å². The smallest absolute Gasteiger partial charge is 0.0947 e. The predicted molar refractivity (Wildman–Crippen MR) is 169 cm³/mol.